The third-order valence-electron chi connectivity index (χ3n) is 1.38. The van der Waals surface area contributed by atoms with Crippen LogP contribution >= 0.6 is 0 Å². The van der Waals surface area contributed by atoms with E-state index in [2.05, 4.69) is 10.1 Å². The van der Waals surface area contributed by atoms with Crippen molar-refractivity contribution >= 4 is 5.97 Å². The zero-order valence-electron chi connectivity index (χ0n) is 7.30. The second kappa shape index (κ2) is 8.02. The molecule has 68 valence electrons. The lowest BCUT2D eigenvalue weighted by Gasteiger charge is -2.00. The van der Waals surface area contributed by atoms with Crippen LogP contribution < -0.4 is 5.32 Å². The number of hydrogen-bond donors (Lipinski definition) is 1. The maximum atomic E-state index is 10.6. The summed E-state index contributed by atoms with van der Waals surface area (Å²) in [6.45, 7) is 1.41. The largest absolute Gasteiger partial charge is 0.469 e. The van der Waals surface area contributed by atoms with E-state index >= 15 is 0 Å². The van der Waals surface area contributed by atoms with Crippen molar-refractivity contribution in [1.82, 2.24) is 5.32 Å². The molecule has 0 fully saturated rings. The van der Waals surface area contributed by atoms with Crippen molar-refractivity contribution in [2.45, 2.75) is 19.3 Å². The van der Waals surface area contributed by atoms with Crippen LogP contribution in [0.3, 0.4) is 0 Å². The number of carbonyl (C=O) groups is 1. The van der Waals surface area contributed by atoms with E-state index in [0.717, 1.165) is 13.0 Å². The number of nitriles is 1. The highest BCUT2D eigenvalue weighted by molar-refractivity contribution is 5.69. The van der Waals surface area contributed by atoms with Crippen molar-refractivity contribution in [3.63, 3.8) is 0 Å². The van der Waals surface area contributed by atoms with E-state index in [1.807, 2.05) is 6.07 Å². The molecule has 0 bridgehead atoms. The molecule has 0 aromatic rings. The lowest BCUT2D eigenvalue weighted by molar-refractivity contribution is -0.140. The van der Waals surface area contributed by atoms with Gasteiger partial charge in [0.25, 0.3) is 0 Å². The first-order valence-electron chi connectivity index (χ1n) is 3.95. The minimum absolute atomic E-state index is 0.206. The quantitative estimate of drug-likeness (QED) is 0.464. The number of nitrogens with zero attached hydrogens (tertiary/aromatic N) is 1. The number of carbonyl (C=O) groups excluding carboxylic acids is 1. The minimum Gasteiger partial charge on any atom is -0.469 e. The average Bonchev–Trinajstić information content (AvgIpc) is 2.10. The second-order valence-electron chi connectivity index (χ2n) is 2.34. The van der Waals surface area contributed by atoms with E-state index in [4.69, 9.17) is 5.26 Å². The van der Waals surface area contributed by atoms with Crippen molar-refractivity contribution < 1.29 is 9.53 Å². The van der Waals surface area contributed by atoms with Crippen LogP contribution in [0.2, 0.25) is 0 Å². The van der Waals surface area contributed by atoms with Crippen LogP contribution in [0.4, 0.5) is 0 Å². The van der Waals surface area contributed by atoms with E-state index in [0.29, 0.717) is 19.4 Å². The Balaban J connectivity index is 3.01. The molecule has 0 aromatic carbocycles. The maximum Gasteiger partial charge on any atom is 0.306 e. The van der Waals surface area contributed by atoms with Crippen LogP contribution in [-0.4, -0.2) is 26.2 Å². The zero-order chi connectivity index (χ0) is 9.23. The summed E-state index contributed by atoms with van der Waals surface area (Å²) in [4.78, 5) is 10.6. The molecule has 0 aromatic heterocycles. The lowest BCUT2D eigenvalue weighted by Crippen LogP contribution is -2.19. The van der Waals surface area contributed by atoms with Crippen molar-refractivity contribution in [2.24, 2.45) is 0 Å². The molecule has 0 saturated heterocycles. The molecule has 0 aliphatic carbocycles. The monoisotopic (exact) mass is 170 g/mol. The van der Waals surface area contributed by atoms with E-state index < -0.39 is 0 Å². The molecule has 4 nitrogen and oxygen atoms in total. The number of methoxy groups -OCH3 is 1. The molecular weight excluding hydrogens is 156 g/mol. The molecule has 4 heteroatoms. The van der Waals surface area contributed by atoms with Gasteiger partial charge in [0.05, 0.1) is 19.6 Å². The second-order valence-corrected chi connectivity index (χ2v) is 2.34. The van der Waals surface area contributed by atoms with Gasteiger partial charge >= 0.3 is 5.97 Å². The highest BCUT2D eigenvalue weighted by Gasteiger charge is 1.97. The Morgan fingerprint density at radius 1 is 1.58 bits per heavy atom. The molecule has 1 N–H and O–H groups in total. The topological polar surface area (TPSA) is 62.1 Å². The Kier molecular flexibility index (Phi) is 7.30. The first-order valence-corrected chi connectivity index (χ1v) is 3.95. The molecule has 0 heterocycles. The fourth-order valence-electron chi connectivity index (χ4n) is 0.710. The molecule has 12 heavy (non-hydrogen) atoms. The van der Waals surface area contributed by atoms with E-state index in [-0.39, 0.29) is 5.97 Å². The number of hydrogen-bond acceptors (Lipinski definition) is 4. The summed E-state index contributed by atoms with van der Waals surface area (Å²) in [5.74, 6) is -0.206. The van der Waals surface area contributed by atoms with Crippen molar-refractivity contribution in [3.05, 3.63) is 0 Å². The molecule has 0 saturated carbocycles. The smallest absolute Gasteiger partial charge is 0.306 e. The maximum absolute atomic E-state index is 10.6. The SMILES string of the molecule is COC(=O)CCNCCCC#N. The van der Waals surface area contributed by atoms with Gasteiger partial charge in [0.2, 0.25) is 0 Å². The Morgan fingerprint density at radius 2 is 2.33 bits per heavy atom. The fourth-order valence-corrected chi connectivity index (χ4v) is 0.710. The highest BCUT2D eigenvalue weighted by Crippen LogP contribution is 1.84. The molecule has 0 amide bonds. The van der Waals surface area contributed by atoms with E-state index in [1.165, 1.54) is 7.11 Å². The van der Waals surface area contributed by atoms with Crippen LogP contribution in [0.5, 0.6) is 0 Å². The van der Waals surface area contributed by atoms with Crippen LogP contribution in [-0.2, 0) is 9.53 Å². The Labute approximate surface area is 72.5 Å². The summed E-state index contributed by atoms with van der Waals surface area (Å²) in [6.07, 6.45) is 1.78. The summed E-state index contributed by atoms with van der Waals surface area (Å²) in [6, 6.07) is 2.05. The Morgan fingerprint density at radius 3 is 2.92 bits per heavy atom. The third-order valence-corrected chi connectivity index (χ3v) is 1.38. The minimum atomic E-state index is -0.206. The van der Waals surface area contributed by atoms with Gasteiger partial charge < -0.3 is 10.1 Å². The van der Waals surface area contributed by atoms with Crippen molar-refractivity contribution in [3.8, 4) is 6.07 Å². The van der Waals surface area contributed by atoms with Crippen LogP contribution in [0.1, 0.15) is 19.3 Å². The van der Waals surface area contributed by atoms with Crippen molar-refractivity contribution in [1.29, 1.82) is 5.26 Å². The Hall–Kier alpha value is -1.08. The highest BCUT2D eigenvalue weighted by atomic mass is 16.5. The average molecular weight is 170 g/mol. The molecule has 0 aliphatic heterocycles. The zero-order valence-corrected chi connectivity index (χ0v) is 7.30. The predicted octanol–water partition coefficient (Wildman–Crippen LogP) is 0.443. The molecule has 0 unspecified atom stereocenters. The molecule has 0 aliphatic rings. The number of nitrogens with one attached hydrogen (secondary N) is 1. The molecule has 0 atom stereocenters. The lowest BCUT2D eigenvalue weighted by atomic mass is 10.3. The van der Waals surface area contributed by atoms with Gasteiger partial charge in [0.15, 0.2) is 0 Å². The molecular formula is C8H14N2O2. The summed E-state index contributed by atoms with van der Waals surface area (Å²) in [7, 11) is 1.37. The molecule has 0 radical (unpaired) electrons. The first-order chi connectivity index (χ1) is 5.81. The van der Waals surface area contributed by atoms with Crippen LogP contribution in [0.25, 0.3) is 0 Å². The summed E-state index contributed by atoms with van der Waals surface area (Å²) >= 11 is 0. The summed E-state index contributed by atoms with van der Waals surface area (Å²) in [5.41, 5.74) is 0. The van der Waals surface area contributed by atoms with Gasteiger partial charge in [-0.3, -0.25) is 4.79 Å². The van der Waals surface area contributed by atoms with Gasteiger partial charge in [-0.15, -0.1) is 0 Å². The number of rotatable bonds is 6. The van der Waals surface area contributed by atoms with Gasteiger partial charge in [-0.05, 0) is 13.0 Å². The first kappa shape index (κ1) is 10.9. The Bertz CT molecular complexity index is 163. The van der Waals surface area contributed by atoms with E-state index in [9.17, 15) is 4.79 Å². The fraction of sp³-hybridized carbons (Fsp3) is 0.750. The van der Waals surface area contributed by atoms with Crippen molar-refractivity contribution in [2.75, 3.05) is 20.2 Å². The van der Waals surface area contributed by atoms with Gasteiger partial charge in [0, 0.05) is 13.0 Å². The number of ether oxygens (including phenoxy) is 1. The van der Waals surface area contributed by atoms with Gasteiger partial charge in [0.1, 0.15) is 0 Å². The van der Waals surface area contributed by atoms with E-state index in [1.54, 1.807) is 0 Å². The standard InChI is InChI=1S/C8H14N2O2/c1-12-8(11)4-7-10-6-3-2-5-9/h10H,2-4,6-7H2,1H3. The summed E-state index contributed by atoms with van der Waals surface area (Å²) < 4.78 is 4.45. The van der Waals surface area contributed by atoms with Gasteiger partial charge in [-0.2, -0.15) is 5.26 Å². The van der Waals surface area contributed by atoms with Crippen LogP contribution in [0, 0.1) is 11.3 Å². The van der Waals surface area contributed by atoms with Gasteiger partial charge in [-0.1, -0.05) is 0 Å². The molecule has 0 spiro atoms. The predicted molar refractivity (Wildman–Crippen MR) is 44.3 cm³/mol. The van der Waals surface area contributed by atoms with Gasteiger partial charge in [-0.25, -0.2) is 0 Å². The third kappa shape index (κ3) is 7.03. The van der Waals surface area contributed by atoms with Crippen LogP contribution in [0.15, 0.2) is 0 Å². The molecule has 0 rings (SSSR count). The normalized spacial score (nSPS) is 9.00. The number of unbranched alkanes of at least 4 members (excludes halogenated alkanes) is 1. The summed E-state index contributed by atoms with van der Waals surface area (Å²) in [5, 5.41) is 11.2. The number of esters is 1.